The molecule has 4 aliphatic carbocycles. The Morgan fingerprint density at radius 1 is 1.10 bits per heavy atom. The lowest BCUT2D eigenvalue weighted by atomic mass is 9.49. The van der Waals surface area contributed by atoms with Crippen molar-refractivity contribution in [3.63, 3.8) is 0 Å². The lowest BCUT2D eigenvalue weighted by molar-refractivity contribution is -0.161. The monoisotopic (exact) mass is 277 g/mol. The Hall–Kier alpha value is -0.570. The zero-order chi connectivity index (χ0) is 13.9. The number of nitrogens with zero attached hydrogens (tertiary/aromatic N) is 1. The van der Waals surface area contributed by atoms with Crippen molar-refractivity contribution in [1.29, 1.82) is 0 Å². The van der Waals surface area contributed by atoms with Crippen LogP contribution in [0.5, 0.6) is 0 Å². The van der Waals surface area contributed by atoms with Gasteiger partial charge in [-0.05, 0) is 68.6 Å². The van der Waals surface area contributed by atoms with Gasteiger partial charge in [-0.15, -0.1) is 0 Å². The molecule has 1 N–H and O–H groups in total. The minimum atomic E-state index is -0.213. The molecule has 1 amide bonds. The van der Waals surface area contributed by atoms with Gasteiger partial charge in [0.25, 0.3) is 0 Å². The molecule has 2 unspecified atom stereocenters. The van der Waals surface area contributed by atoms with Crippen LogP contribution in [0.3, 0.4) is 0 Å². The number of hydrogen-bond donors (Lipinski definition) is 1. The topological polar surface area (TPSA) is 40.5 Å². The molecule has 0 aromatic heterocycles. The largest absolute Gasteiger partial charge is 0.393 e. The molecule has 20 heavy (non-hydrogen) atoms. The van der Waals surface area contributed by atoms with Crippen molar-refractivity contribution in [2.24, 2.45) is 29.1 Å². The number of aliphatic hydroxyl groups excluding tert-OH is 1. The average molecular weight is 277 g/mol. The van der Waals surface area contributed by atoms with Gasteiger partial charge in [0.05, 0.1) is 11.5 Å². The molecule has 1 heterocycles. The second-order valence-electron chi connectivity index (χ2n) is 8.28. The highest BCUT2D eigenvalue weighted by Gasteiger charge is 2.55. The van der Waals surface area contributed by atoms with E-state index in [1.807, 2.05) is 0 Å². The molecule has 0 spiro atoms. The first-order valence-electron chi connectivity index (χ1n) is 8.53. The number of carbonyl (C=O) groups is 1. The molecule has 0 radical (unpaired) electrons. The maximum atomic E-state index is 13.1. The number of aliphatic hydroxyl groups is 1. The Balaban J connectivity index is 1.53. The van der Waals surface area contributed by atoms with Crippen LogP contribution in [0.2, 0.25) is 0 Å². The predicted molar refractivity (Wildman–Crippen MR) is 77.0 cm³/mol. The lowest BCUT2D eigenvalue weighted by Crippen LogP contribution is -2.57. The number of carbonyl (C=O) groups excluding carboxylic acids is 1. The van der Waals surface area contributed by atoms with Gasteiger partial charge in [0, 0.05) is 13.1 Å². The van der Waals surface area contributed by atoms with Crippen molar-refractivity contribution >= 4 is 5.91 Å². The van der Waals surface area contributed by atoms with Crippen molar-refractivity contribution in [3.8, 4) is 0 Å². The summed E-state index contributed by atoms with van der Waals surface area (Å²) in [6.45, 7) is 3.61. The van der Waals surface area contributed by atoms with Gasteiger partial charge in [-0.2, -0.15) is 0 Å². The molecule has 5 rings (SSSR count). The third-order valence-corrected chi connectivity index (χ3v) is 6.64. The van der Waals surface area contributed by atoms with Crippen LogP contribution in [-0.4, -0.2) is 35.1 Å². The van der Waals surface area contributed by atoms with Gasteiger partial charge in [-0.1, -0.05) is 6.92 Å². The van der Waals surface area contributed by atoms with E-state index >= 15 is 0 Å². The average Bonchev–Trinajstić information content (AvgIpc) is 2.39. The summed E-state index contributed by atoms with van der Waals surface area (Å²) in [4.78, 5) is 15.2. The van der Waals surface area contributed by atoms with Crippen LogP contribution < -0.4 is 0 Å². The molecular weight excluding hydrogens is 250 g/mol. The minimum absolute atomic E-state index is 0.00321. The molecular formula is C17H27NO2. The van der Waals surface area contributed by atoms with Crippen LogP contribution >= 0.6 is 0 Å². The molecule has 5 fully saturated rings. The van der Waals surface area contributed by atoms with Crippen molar-refractivity contribution in [3.05, 3.63) is 0 Å². The first-order valence-corrected chi connectivity index (χ1v) is 8.53. The van der Waals surface area contributed by atoms with Gasteiger partial charge in [-0.25, -0.2) is 0 Å². The summed E-state index contributed by atoms with van der Waals surface area (Å²) >= 11 is 0. The van der Waals surface area contributed by atoms with E-state index in [2.05, 4.69) is 11.8 Å². The second kappa shape index (κ2) is 4.46. The van der Waals surface area contributed by atoms with Crippen LogP contribution in [-0.2, 0) is 4.79 Å². The second-order valence-corrected chi connectivity index (χ2v) is 8.28. The maximum Gasteiger partial charge on any atom is 0.228 e. The number of amides is 1. The summed E-state index contributed by atoms with van der Waals surface area (Å²) in [5.74, 6) is 3.17. The fourth-order valence-corrected chi connectivity index (χ4v) is 6.03. The Bertz CT molecular complexity index is 384. The summed E-state index contributed by atoms with van der Waals surface area (Å²) in [5.41, 5.74) is -0.00321. The van der Waals surface area contributed by atoms with Gasteiger partial charge in [0.1, 0.15) is 0 Å². The van der Waals surface area contributed by atoms with E-state index in [9.17, 15) is 9.90 Å². The minimum Gasteiger partial charge on any atom is -0.393 e. The van der Waals surface area contributed by atoms with Gasteiger partial charge >= 0.3 is 0 Å². The Kier molecular flexibility index (Phi) is 2.93. The van der Waals surface area contributed by atoms with Crippen LogP contribution in [0.1, 0.15) is 51.9 Å². The van der Waals surface area contributed by atoms with Gasteiger partial charge < -0.3 is 10.0 Å². The highest BCUT2D eigenvalue weighted by Crippen LogP contribution is 2.60. The molecule has 1 saturated heterocycles. The molecule has 1 aliphatic heterocycles. The number of rotatable bonds is 1. The molecule has 4 bridgehead atoms. The van der Waals surface area contributed by atoms with E-state index < -0.39 is 0 Å². The summed E-state index contributed by atoms with van der Waals surface area (Å²) in [5, 5.41) is 9.87. The summed E-state index contributed by atoms with van der Waals surface area (Å²) in [6.07, 6.45) is 8.20. The smallest absolute Gasteiger partial charge is 0.228 e. The van der Waals surface area contributed by atoms with E-state index in [1.165, 1.54) is 19.3 Å². The predicted octanol–water partition coefficient (Wildman–Crippen LogP) is 2.43. The van der Waals surface area contributed by atoms with Gasteiger partial charge in [-0.3, -0.25) is 4.79 Å². The van der Waals surface area contributed by atoms with Crippen molar-refractivity contribution < 1.29 is 9.90 Å². The van der Waals surface area contributed by atoms with Crippen LogP contribution in [0, 0.1) is 29.1 Å². The van der Waals surface area contributed by atoms with Crippen molar-refractivity contribution in [2.75, 3.05) is 13.1 Å². The quantitative estimate of drug-likeness (QED) is 0.799. The molecule has 4 saturated carbocycles. The molecule has 0 aromatic carbocycles. The normalized spacial score (nSPS) is 50.5. The molecule has 3 heteroatoms. The first kappa shape index (κ1) is 13.1. The van der Waals surface area contributed by atoms with E-state index in [-0.39, 0.29) is 17.4 Å². The van der Waals surface area contributed by atoms with Crippen molar-refractivity contribution in [1.82, 2.24) is 4.90 Å². The van der Waals surface area contributed by atoms with Crippen LogP contribution in [0.25, 0.3) is 0 Å². The summed E-state index contributed by atoms with van der Waals surface area (Å²) < 4.78 is 0. The highest BCUT2D eigenvalue weighted by atomic mass is 16.3. The van der Waals surface area contributed by atoms with Gasteiger partial charge in [0.2, 0.25) is 5.91 Å². The molecule has 5 aliphatic rings. The zero-order valence-corrected chi connectivity index (χ0v) is 12.6. The van der Waals surface area contributed by atoms with Crippen molar-refractivity contribution in [2.45, 2.75) is 58.0 Å². The lowest BCUT2D eigenvalue weighted by Gasteiger charge is -2.57. The number of hydrogen-bond acceptors (Lipinski definition) is 2. The van der Waals surface area contributed by atoms with E-state index in [4.69, 9.17) is 0 Å². The van der Waals surface area contributed by atoms with E-state index in [1.54, 1.807) is 0 Å². The van der Waals surface area contributed by atoms with Crippen LogP contribution in [0.4, 0.5) is 0 Å². The van der Waals surface area contributed by atoms with E-state index in [0.29, 0.717) is 5.91 Å². The zero-order valence-electron chi connectivity index (χ0n) is 12.6. The Morgan fingerprint density at radius 2 is 1.65 bits per heavy atom. The molecule has 2 atom stereocenters. The molecule has 3 nitrogen and oxygen atoms in total. The fourth-order valence-electron chi connectivity index (χ4n) is 6.03. The standard InChI is InChI=1S/C17H27NO2/c1-11-10-18(3-2-15(11)19)16(20)17-7-12-4-13(8-17)6-14(5-12)9-17/h11-15,19H,2-10H2,1H3. The Labute approximate surface area is 121 Å². The molecule has 112 valence electrons. The molecule has 0 aromatic rings. The third kappa shape index (κ3) is 1.93. The van der Waals surface area contributed by atoms with Gasteiger partial charge in [0.15, 0.2) is 0 Å². The first-order chi connectivity index (χ1) is 9.56. The van der Waals surface area contributed by atoms with E-state index in [0.717, 1.165) is 56.5 Å². The summed E-state index contributed by atoms with van der Waals surface area (Å²) in [6, 6.07) is 0. The Morgan fingerprint density at radius 3 is 2.15 bits per heavy atom. The SMILES string of the molecule is CC1CN(C(=O)C23CC4CC(CC(C4)C2)C3)CCC1O. The van der Waals surface area contributed by atoms with Crippen LogP contribution in [0.15, 0.2) is 0 Å². The summed E-state index contributed by atoms with van der Waals surface area (Å²) in [7, 11) is 0. The number of likely N-dealkylation sites (tertiary alicyclic amines) is 1. The number of piperidine rings is 1. The maximum absolute atomic E-state index is 13.1. The fraction of sp³-hybridized carbons (Fsp3) is 0.941. The highest BCUT2D eigenvalue weighted by molar-refractivity contribution is 5.83. The third-order valence-electron chi connectivity index (χ3n) is 6.64.